The first kappa shape index (κ1) is 21.5. The third-order valence-corrected chi connectivity index (χ3v) is 5.54. The molecule has 1 amide bonds. The second-order valence-electron chi connectivity index (χ2n) is 7.41. The number of fused-ring (bicyclic) bond motifs is 3. The number of nitrogens with zero attached hydrogens (tertiary/aromatic N) is 5. The summed E-state index contributed by atoms with van der Waals surface area (Å²) in [6.07, 6.45) is 3.23. The molecule has 5 rings (SSSR count). The lowest BCUT2D eigenvalue weighted by Gasteiger charge is -2.10. The molecular formula is C23H19ClN6O4. The quantitative estimate of drug-likeness (QED) is 0.402. The number of anilines is 1. The Labute approximate surface area is 197 Å². The largest absolute Gasteiger partial charge is 0.497 e. The minimum Gasteiger partial charge on any atom is -0.497 e. The van der Waals surface area contributed by atoms with Crippen LogP contribution >= 0.6 is 11.6 Å². The van der Waals surface area contributed by atoms with E-state index in [-0.39, 0.29) is 6.54 Å². The Hall–Kier alpha value is -4.31. The SMILES string of the molecule is COc1ccc(-c2cc3c4nn(CC(=O)Nc5cc(Cl)ccc5OC)c(=O)n4ccn3n2)cc1. The Bertz CT molecular complexity index is 1590. The number of halogens is 1. The summed E-state index contributed by atoms with van der Waals surface area (Å²) in [5.41, 5.74) is 2.56. The van der Waals surface area contributed by atoms with E-state index in [9.17, 15) is 9.59 Å². The van der Waals surface area contributed by atoms with Crippen LogP contribution in [0.3, 0.4) is 0 Å². The number of hydrogen-bond donors (Lipinski definition) is 1. The number of methoxy groups -OCH3 is 2. The zero-order valence-corrected chi connectivity index (χ0v) is 19.0. The van der Waals surface area contributed by atoms with Crippen LogP contribution < -0.4 is 20.5 Å². The Morgan fingerprint density at radius 3 is 2.56 bits per heavy atom. The van der Waals surface area contributed by atoms with Gasteiger partial charge >= 0.3 is 5.69 Å². The third-order valence-electron chi connectivity index (χ3n) is 5.31. The second-order valence-corrected chi connectivity index (χ2v) is 7.85. The molecular weight excluding hydrogens is 460 g/mol. The number of hydrogen-bond acceptors (Lipinski definition) is 6. The van der Waals surface area contributed by atoms with Gasteiger partial charge in [0.2, 0.25) is 5.91 Å². The molecule has 0 aliphatic heterocycles. The lowest BCUT2D eigenvalue weighted by atomic mass is 10.1. The molecule has 2 aromatic carbocycles. The molecule has 1 N–H and O–H groups in total. The van der Waals surface area contributed by atoms with Crippen LogP contribution in [-0.2, 0) is 11.3 Å². The maximum absolute atomic E-state index is 12.9. The monoisotopic (exact) mass is 478 g/mol. The number of ether oxygens (including phenoxy) is 2. The molecule has 0 unspecified atom stereocenters. The van der Waals surface area contributed by atoms with Gasteiger partial charge in [-0.15, -0.1) is 5.10 Å². The first-order valence-corrected chi connectivity index (χ1v) is 10.6. The maximum Gasteiger partial charge on any atom is 0.350 e. The van der Waals surface area contributed by atoms with E-state index in [4.69, 9.17) is 21.1 Å². The van der Waals surface area contributed by atoms with Gasteiger partial charge in [0.25, 0.3) is 0 Å². The molecule has 34 heavy (non-hydrogen) atoms. The average molecular weight is 479 g/mol. The van der Waals surface area contributed by atoms with Gasteiger partial charge in [-0.05, 0) is 48.5 Å². The molecule has 0 atom stereocenters. The third kappa shape index (κ3) is 3.84. The predicted octanol–water partition coefficient (Wildman–Crippen LogP) is 3.12. The van der Waals surface area contributed by atoms with Crippen LogP contribution in [0.1, 0.15) is 0 Å². The standard InChI is InChI=1S/C23H19ClN6O4/c1-33-16-6-3-14(4-7-16)17-12-19-22-27-30(23(32)28(22)9-10-29(19)26-17)13-21(31)25-18-11-15(24)5-8-20(18)34-2/h3-12H,13H2,1-2H3,(H,25,31). The smallest absolute Gasteiger partial charge is 0.350 e. The Morgan fingerprint density at radius 2 is 1.82 bits per heavy atom. The van der Waals surface area contributed by atoms with Crippen molar-refractivity contribution in [1.82, 2.24) is 23.8 Å². The van der Waals surface area contributed by atoms with Crippen molar-refractivity contribution in [1.29, 1.82) is 0 Å². The van der Waals surface area contributed by atoms with E-state index in [0.717, 1.165) is 16.0 Å². The summed E-state index contributed by atoms with van der Waals surface area (Å²) in [6.45, 7) is -0.290. The van der Waals surface area contributed by atoms with Gasteiger partial charge in [0.15, 0.2) is 5.65 Å². The highest BCUT2D eigenvalue weighted by Crippen LogP contribution is 2.27. The molecule has 0 aliphatic rings. The van der Waals surface area contributed by atoms with Gasteiger partial charge in [-0.2, -0.15) is 5.10 Å². The summed E-state index contributed by atoms with van der Waals surface area (Å²) in [4.78, 5) is 25.5. The topological polar surface area (TPSA) is 104 Å². The molecule has 11 heteroatoms. The van der Waals surface area contributed by atoms with Crippen LogP contribution in [0, 0.1) is 0 Å². The molecule has 3 heterocycles. The van der Waals surface area contributed by atoms with E-state index >= 15 is 0 Å². The Balaban J connectivity index is 1.47. The molecule has 0 saturated carbocycles. The van der Waals surface area contributed by atoms with Gasteiger partial charge in [0.05, 0.1) is 25.6 Å². The van der Waals surface area contributed by atoms with Gasteiger partial charge in [0.1, 0.15) is 23.6 Å². The van der Waals surface area contributed by atoms with Crippen molar-refractivity contribution in [2.75, 3.05) is 19.5 Å². The zero-order valence-electron chi connectivity index (χ0n) is 18.2. The summed E-state index contributed by atoms with van der Waals surface area (Å²) >= 11 is 6.02. The summed E-state index contributed by atoms with van der Waals surface area (Å²) < 4.78 is 14.6. The fourth-order valence-corrected chi connectivity index (χ4v) is 3.82. The molecule has 0 aliphatic carbocycles. The lowest BCUT2D eigenvalue weighted by molar-refractivity contribution is -0.117. The minimum absolute atomic E-state index is 0.290. The summed E-state index contributed by atoms with van der Waals surface area (Å²) in [5, 5.41) is 12.1. The minimum atomic E-state index is -0.450. The van der Waals surface area contributed by atoms with Gasteiger partial charge in [-0.1, -0.05) is 11.6 Å². The van der Waals surface area contributed by atoms with Crippen molar-refractivity contribution >= 4 is 34.4 Å². The van der Waals surface area contributed by atoms with E-state index in [0.29, 0.717) is 33.3 Å². The first-order valence-electron chi connectivity index (χ1n) is 10.2. The molecule has 10 nitrogen and oxygen atoms in total. The normalized spacial score (nSPS) is 11.1. The number of carbonyl (C=O) groups excluding carboxylic acids is 1. The Kier molecular flexibility index (Phi) is 5.42. The molecule has 0 spiro atoms. The van der Waals surface area contributed by atoms with Gasteiger partial charge in [-0.3, -0.25) is 4.79 Å². The molecule has 172 valence electrons. The van der Waals surface area contributed by atoms with Crippen LogP contribution in [-0.4, -0.2) is 43.9 Å². The highest BCUT2D eigenvalue weighted by molar-refractivity contribution is 6.31. The second kappa shape index (κ2) is 8.56. The van der Waals surface area contributed by atoms with E-state index in [1.807, 2.05) is 30.3 Å². The average Bonchev–Trinajstić information content (AvgIpc) is 3.41. The van der Waals surface area contributed by atoms with Crippen LogP contribution in [0.25, 0.3) is 22.4 Å². The van der Waals surface area contributed by atoms with Gasteiger partial charge < -0.3 is 14.8 Å². The van der Waals surface area contributed by atoms with Crippen molar-refractivity contribution in [3.05, 3.63) is 76.4 Å². The molecule has 0 fully saturated rings. The fourth-order valence-electron chi connectivity index (χ4n) is 3.64. The molecule has 3 aromatic heterocycles. The first-order chi connectivity index (χ1) is 16.5. The number of benzene rings is 2. The van der Waals surface area contributed by atoms with Crippen molar-refractivity contribution in [3.63, 3.8) is 0 Å². The number of carbonyl (C=O) groups is 1. The van der Waals surface area contributed by atoms with Crippen LogP contribution in [0.2, 0.25) is 5.02 Å². The van der Waals surface area contributed by atoms with Gasteiger partial charge in [-0.25, -0.2) is 18.4 Å². The summed E-state index contributed by atoms with van der Waals surface area (Å²) in [5.74, 6) is 0.746. The van der Waals surface area contributed by atoms with Crippen LogP contribution in [0.5, 0.6) is 11.5 Å². The number of aromatic nitrogens is 5. The molecule has 0 radical (unpaired) electrons. The highest BCUT2D eigenvalue weighted by atomic mass is 35.5. The van der Waals surface area contributed by atoms with Crippen molar-refractivity contribution in [3.8, 4) is 22.8 Å². The number of rotatable bonds is 6. The predicted molar refractivity (Wildman–Crippen MR) is 127 cm³/mol. The zero-order chi connectivity index (χ0) is 23.8. The lowest BCUT2D eigenvalue weighted by Crippen LogP contribution is -2.28. The molecule has 5 aromatic rings. The highest BCUT2D eigenvalue weighted by Gasteiger charge is 2.16. The number of nitrogens with one attached hydrogen (secondary N) is 1. The Morgan fingerprint density at radius 1 is 1.03 bits per heavy atom. The van der Waals surface area contributed by atoms with E-state index < -0.39 is 11.6 Å². The molecule has 0 bridgehead atoms. The van der Waals surface area contributed by atoms with E-state index in [1.54, 1.807) is 42.2 Å². The van der Waals surface area contributed by atoms with Crippen molar-refractivity contribution in [2.24, 2.45) is 0 Å². The summed E-state index contributed by atoms with van der Waals surface area (Å²) in [6, 6.07) is 14.2. The van der Waals surface area contributed by atoms with Gasteiger partial charge in [0, 0.05) is 23.0 Å². The molecule has 0 saturated heterocycles. The van der Waals surface area contributed by atoms with E-state index in [1.165, 1.54) is 11.5 Å². The van der Waals surface area contributed by atoms with Crippen LogP contribution in [0.4, 0.5) is 5.69 Å². The summed E-state index contributed by atoms with van der Waals surface area (Å²) in [7, 11) is 3.10. The van der Waals surface area contributed by atoms with Crippen molar-refractivity contribution < 1.29 is 14.3 Å². The number of amides is 1. The fraction of sp³-hybridized carbons (Fsp3) is 0.130. The van der Waals surface area contributed by atoms with E-state index in [2.05, 4.69) is 15.5 Å². The van der Waals surface area contributed by atoms with Crippen molar-refractivity contribution in [2.45, 2.75) is 6.54 Å². The maximum atomic E-state index is 12.9. The van der Waals surface area contributed by atoms with Crippen LogP contribution in [0.15, 0.2) is 65.7 Å².